The predicted molar refractivity (Wildman–Crippen MR) is 98.7 cm³/mol. The van der Waals surface area contributed by atoms with E-state index in [2.05, 4.69) is 10.2 Å². The second-order valence-electron chi connectivity index (χ2n) is 6.28. The van der Waals surface area contributed by atoms with E-state index in [1.54, 1.807) is 6.20 Å². The molecule has 0 radical (unpaired) electrons. The summed E-state index contributed by atoms with van der Waals surface area (Å²) < 4.78 is 0. The number of aromatic amines is 1. The number of hydrogen-bond donors (Lipinski definition) is 1. The average Bonchev–Trinajstić information content (AvgIpc) is 3.32. The van der Waals surface area contributed by atoms with Crippen LogP contribution >= 0.6 is 11.6 Å². The highest BCUT2D eigenvalue weighted by atomic mass is 35.5. The maximum atomic E-state index is 13.0. The van der Waals surface area contributed by atoms with Crippen molar-refractivity contribution in [3.63, 3.8) is 0 Å². The van der Waals surface area contributed by atoms with Crippen LogP contribution in [0.15, 0.2) is 60.8 Å². The van der Waals surface area contributed by atoms with Gasteiger partial charge in [0.15, 0.2) is 0 Å². The molecule has 126 valence electrons. The molecular formula is C20H18ClN3O. The molecule has 0 bridgehead atoms. The van der Waals surface area contributed by atoms with Gasteiger partial charge in [-0.05, 0) is 18.1 Å². The minimum absolute atomic E-state index is 0.0159. The lowest BCUT2D eigenvalue weighted by Gasteiger charge is -2.17. The predicted octanol–water partition coefficient (Wildman–Crippen LogP) is 4.36. The third kappa shape index (κ3) is 3.05. The molecule has 1 N–H and O–H groups in total. The molecule has 1 amide bonds. The molecule has 2 aromatic carbocycles. The monoisotopic (exact) mass is 351 g/mol. The highest BCUT2D eigenvalue weighted by Gasteiger charge is 2.30. The van der Waals surface area contributed by atoms with Gasteiger partial charge in [0, 0.05) is 29.6 Å². The smallest absolute Gasteiger partial charge is 0.257 e. The van der Waals surface area contributed by atoms with Gasteiger partial charge >= 0.3 is 0 Å². The second kappa shape index (κ2) is 6.73. The van der Waals surface area contributed by atoms with Crippen LogP contribution < -0.4 is 0 Å². The number of carbonyl (C=O) groups is 1. The first-order valence-electron chi connectivity index (χ1n) is 8.36. The molecule has 25 heavy (non-hydrogen) atoms. The Morgan fingerprint density at radius 3 is 2.68 bits per heavy atom. The molecule has 0 spiro atoms. The van der Waals surface area contributed by atoms with Gasteiger partial charge in [-0.3, -0.25) is 9.89 Å². The van der Waals surface area contributed by atoms with Crippen molar-refractivity contribution in [1.82, 2.24) is 15.1 Å². The molecule has 1 atom stereocenters. The Kier molecular flexibility index (Phi) is 4.28. The molecule has 0 saturated carbocycles. The summed E-state index contributed by atoms with van der Waals surface area (Å²) >= 11 is 6.32. The number of likely N-dealkylation sites (tertiary alicyclic amines) is 1. The largest absolute Gasteiger partial charge is 0.338 e. The van der Waals surface area contributed by atoms with Crippen molar-refractivity contribution < 1.29 is 4.79 Å². The zero-order valence-electron chi connectivity index (χ0n) is 13.7. The Balaban J connectivity index is 1.56. The van der Waals surface area contributed by atoms with E-state index < -0.39 is 0 Å². The number of nitrogens with zero attached hydrogens (tertiary/aromatic N) is 2. The lowest BCUT2D eigenvalue weighted by molar-refractivity contribution is 0.0791. The highest BCUT2D eigenvalue weighted by molar-refractivity contribution is 6.31. The molecule has 1 unspecified atom stereocenters. The topological polar surface area (TPSA) is 49.0 Å². The number of nitrogens with one attached hydrogen (secondary N) is 1. The fourth-order valence-corrected chi connectivity index (χ4v) is 3.74. The van der Waals surface area contributed by atoms with E-state index in [-0.39, 0.29) is 11.8 Å². The van der Waals surface area contributed by atoms with Crippen molar-refractivity contribution >= 4 is 17.5 Å². The number of hydrogen-bond acceptors (Lipinski definition) is 2. The molecule has 1 fully saturated rings. The third-order valence-corrected chi connectivity index (χ3v) is 5.10. The minimum atomic E-state index is 0.0159. The van der Waals surface area contributed by atoms with E-state index in [1.165, 1.54) is 0 Å². The molecule has 4 nitrogen and oxygen atoms in total. The van der Waals surface area contributed by atoms with Crippen LogP contribution in [0.2, 0.25) is 5.02 Å². The summed E-state index contributed by atoms with van der Waals surface area (Å²) in [5.74, 6) is 0.298. The van der Waals surface area contributed by atoms with Crippen LogP contribution in [0.5, 0.6) is 0 Å². The van der Waals surface area contributed by atoms with Crippen LogP contribution in [0.4, 0.5) is 0 Å². The fourth-order valence-electron chi connectivity index (χ4n) is 3.45. The highest BCUT2D eigenvalue weighted by Crippen LogP contribution is 2.33. The van der Waals surface area contributed by atoms with Crippen molar-refractivity contribution in [3.05, 3.63) is 76.9 Å². The number of carbonyl (C=O) groups excluding carboxylic acids is 1. The summed E-state index contributed by atoms with van der Waals surface area (Å²) in [6, 6.07) is 17.7. The molecule has 0 aliphatic carbocycles. The summed E-state index contributed by atoms with van der Waals surface area (Å²) in [6.07, 6.45) is 2.54. The van der Waals surface area contributed by atoms with Gasteiger partial charge in [0.05, 0.1) is 17.5 Å². The third-order valence-electron chi connectivity index (χ3n) is 4.75. The van der Waals surface area contributed by atoms with Crippen LogP contribution in [0.3, 0.4) is 0 Å². The lowest BCUT2D eigenvalue weighted by atomic mass is 9.98. The van der Waals surface area contributed by atoms with Crippen molar-refractivity contribution in [2.24, 2.45) is 0 Å². The Morgan fingerprint density at radius 1 is 1.12 bits per heavy atom. The zero-order chi connectivity index (χ0) is 17.2. The summed E-state index contributed by atoms with van der Waals surface area (Å²) in [5, 5.41) is 7.82. The van der Waals surface area contributed by atoms with E-state index in [4.69, 9.17) is 11.6 Å². The van der Waals surface area contributed by atoms with Gasteiger partial charge < -0.3 is 4.90 Å². The maximum Gasteiger partial charge on any atom is 0.257 e. The summed E-state index contributed by atoms with van der Waals surface area (Å²) in [4.78, 5) is 14.9. The minimum Gasteiger partial charge on any atom is -0.338 e. The summed E-state index contributed by atoms with van der Waals surface area (Å²) in [5.41, 5.74) is 3.47. The van der Waals surface area contributed by atoms with Crippen LogP contribution in [-0.2, 0) is 0 Å². The Bertz CT molecular complexity index is 891. The van der Waals surface area contributed by atoms with E-state index in [0.717, 1.165) is 34.8 Å². The lowest BCUT2D eigenvalue weighted by Crippen LogP contribution is -2.28. The van der Waals surface area contributed by atoms with Gasteiger partial charge in [-0.2, -0.15) is 5.10 Å². The van der Waals surface area contributed by atoms with Crippen molar-refractivity contribution in [2.75, 3.05) is 13.1 Å². The summed E-state index contributed by atoms with van der Waals surface area (Å²) in [6.45, 7) is 1.41. The molecule has 2 heterocycles. The molecule has 1 aliphatic rings. The first kappa shape index (κ1) is 15.9. The van der Waals surface area contributed by atoms with E-state index in [0.29, 0.717) is 12.1 Å². The van der Waals surface area contributed by atoms with Gasteiger partial charge in [0.25, 0.3) is 5.91 Å². The molecule has 4 rings (SSSR count). The number of aromatic nitrogens is 2. The van der Waals surface area contributed by atoms with E-state index in [1.807, 2.05) is 59.5 Å². The number of benzene rings is 2. The van der Waals surface area contributed by atoms with Crippen LogP contribution in [-0.4, -0.2) is 34.1 Å². The quantitative estimate of drug-likeness (QED) is 0.762. The van der Waals surface area contributed by atoms with Crippen molar-refractivity contribution in [3.8, 4) is 11.3 Å². The number of rotatable bonds is 3. The van der Waals surface area contributed by atoms with Gasteiger partial charge in [-0.25, -0.2) is 0 Å². The molecule has 1 aliphatic heterocycles. The maximum absolute atomic E-state index is 13.0. The van der Waals surface area contributed by atoms with Gasteiger partial charge in [0.1, 0.15) is 0 Å². The van der Waals surface area contributed by atoms with Crippen LogP contribution in [0.1, 0.15) is 28.3 Å². The van der Waals surface area contributed by atoms with Crippen molar-refractivity contribution in [2.45, 2.75) is 12.3 Å². The van der Waals surface area contributed by atoms with E-state index in [9.17, 15) is 4.79 Å². The standard InChI is InChI=1S/C20H18ClN3O/c21-18-9-5-4-8-16(18)15-10-11-24(13-15)20(25)17-12-22-23-19(17)14-6-2-1-3-7-14/h1-9,12,15H,10-11,13H2,(H,22,23). The average molecular weight is 352 g/mol. The van der Waals surface area contributed by atoms with Gasteiger partial charge in [-0.15, -0.1) is 0 Å². The number of H-pyrrole nitrogens is 1. The summed E-state index contributed by atoms with van der Waals surface area (Å²) in [7, 11) is 0. The van der Waals surface area contributed by atoms with Crippen LogP contribution in [0.25, 0.3) is 11.3 Å². The number of halogens is 1. The van der Waals surface area contributed by atoms with Gasteiger partial charge in [-0.1, -0.05) is 60.1 Å². The zero-order valence-corrected chi connectivity index (χ0v) is 14.4. The van der Waals surface area contributed by atoms with Crippen LogP contribution in [0, 0.1) is 0 Å². The first-order chi connectivity index (χ1) is 12.2. The SMILES string of the molecule is O=C(c1cn[nH]c1-c1ccccc1)N1CCC(c2ccccc2Cl)C1. The molecule has 1 saturated heterocycles. The fraction of sp³-hybridized carbons (Fsp3) is 0.200. The Hall–Kier alpha value is -2.59. The van der Waals surface area contributed by atoms with E-state index >= 15 is 0 Å². The first-order valence-corrected chi connectivity index (χ1v) is 8.74. The molecule has 3 aromatic rings. The Labute approximate surface area is 151 Å². The normalized spacial score (nSPS) is 17.0. The van der Waals surface area contributed by atoms with Gasteiger partial charge in [0.2, 0.25) is 0 Å². The molecular weight excluding hydrogens is 334 g/mol. The molecule has 1 aromatic heterocycles. The molecule has 5 heteroatoms. The van der Waals surface area contributed by atoms with Crippen molar-refractivity contribution in [1.29, 1.82) is 0 Å². The number of amides is 1. The second-order valence-corrected chi connectivity index (χ2v) is 6.69. The Morgan fingerprint density at radius 2 is 1.88 bits per heavy atom.